The first-order valence-electron chi connectivity index (χ1n) is 8.72. The Kier molecular flexibility index (Phi) is 5.72. The molecule has 0 saturated carbocycles. The van der Waals surface area contributed by atoms with Crippen LogP contribution in [0, 0.1) is 13.8 Å². The minimum atomic E-state index is -0.364. The first-order chi connectivity index (χ1) is 13.0. The summed E-state index contributed by atoms with van der Waals surface area (Å²) in [6.45, 7) is 3.80. The van der Waals surface area contributed by atoms with Gasteiger partial charge >= 0.3 is 5.97 Å². The van der Waals surface area contributed by atoms with Gasteiger partial charge in [0.1, 0.15) is 21.3 Å². The van der Waals surface area contributed by atoms with Crippen LogP contribution in [0.15, 0.2) is 30.3 Å². The highest BCUT2D eigenvalue weighted by Crippen LogP contribution is 2.38. The Labute approximate surface area is 162 Å². The van der Waals surface area contributed by atoms with Crippen molar-refractivity contribution in [2.45, 2.75) is 26.3 Å². The number of aromatic nitrogens is 2. The second kappa shape index (κ2) is 8.02. The highest BCUT2D eigenvalue weighted by molar-refractivity contribution is 7.20. The molecule has 1 aromatic carbocycles. The van der Waals surface area contributed by atoms with E-state index in [-0.39, 0.29) is 18.6 Å². The number of nitrogens with zero attached hydrogens (tertiary/aromatic N) is 3. The highest BCUT2D eigenvalue weighted by atomic mass is 32.1. The van der Waals surface area contributed by atoms with Gasteiger partial charge in [-0.2, -0.15) is 0 Å². The van der Waals surface area contributed by atoms with Gasteiger partial charge in [-0.05, 0) is 31.4 Å². The van der Waals surface area contributed by atoms with Crippen LogP contribution >= 0.6 is 11.3 Å². The maximum absolute atomic E-state index is 12.1. The summed E-state index contributed by atoms with van der Waals surface area (Å²) in [6, 6.07) is 9.98. The second-order valence-electron chi connectivity index (χ2n) is 6.37. The summed E-state index contributed by atoms with van der Waals surface area (Å²) in [4.78, 5) is 24.7. The number of methoxy groups -OCH3 is 1. The van der Waals surface area contributed by atoms with Crippen LogP contribution in [0.25, 0.3) is 10.2 Å². The minimum absolute atomic E-state index is 0.0467. The fourth-order valence-corrected chi connectivity index (χ4v) is 4.43. The number of aliphatic hydroxyl groups excluding tert-OH is 1. The van der Waals surface area contributed by atoms with Crippen LogP contribution in [-0.4, -0.2) is 41.8 Å². The van der Waals surface area contributed by atoms with Gasteiger partial charge in [-0.25, -0.2) is 14.8 Å². The zero-order valence-electron chi connectivity index (χ0n) is 15.9. The molecule has 0 aliphatic rings. The number of anilines is 1. The van der Waals surface area contributed by atoms with E-state index in [2.05, 4.69) is 14.9 Å². The van der Waals surface area contributed by atoms with E-state index in [1.54, 1.807) is 0 Å². The molecule has 6 nitrogen and oxygen atoms in total. The average molecular weight is 385 g/mol. The lowest BCUT2D eigenvalue weighted by atomic mass is 10.0. The number of thiophene rings is 1. The standard InChI is InChI=1S/C20H23N3O3S/c1-12-16-18(21-13(2)22-19(16)27-17(12)20(25)26-4)23(3)15(10-11-24)14-8-6-5-7-9-14/h5-9,15,24H,10-11H2,1-4H3/t15-/m0/s1. The molecule has 27 heavy (non-hydrogen) atoms. The smallest absolute Gasteiger partial charge is 0.348 e. The van der Waals surface area contributed by atoms with Crippen molar-refractivity contribution in [2.24, 2.45) is 0 Å². The van der Waals surface area contributed by atoms with E-state index in [9.17, 15) is 9.90 Å². The van der Waals surface area contributed by atoms with Gasteiger partial charge in [0, 0.05) is 13.7 Å². The fraction of sp³-hybridized carbons (Fsp3) is 0.350. The number of benzene rings is 1. The quantitative estimate of drug-likeness (QED) is 0.653. The van der Waals surface area contributed by atoms with E-state index in [1.165, 1.54) is 18.4 Å². The van der Waals surface area contributed by atoms with E-state index in [0.29, 0.717) is 17.1 Å². The zero-order valence-corrected chi connectivity index (χ0v) is 16.7. The van der Waals surface area contributed by atoms with Gasteiger partial charge in [-0.1, -0.05) is 30.3 Å². The highest BCUT2D eigenvalue weighted by Gasteiger charge is 2.25. The molecular weight excluding hydrogens is 362 g/mol. The molecule has 2 aromatic heterocycles. The fourth-order valence-electron chi connectivity index (χ4n) is 3.29. The number of aliphatic hydroxyl groups is 1. The van der Waals surface area contributed by atoms with Gasteiger partial charge in [0.15, 0.2) is 0 Å². The molecule has 0 aliphatic heterocycles. The first-order valence-corrected chi connectivity index (χ1v) is 9.54. The van der Waals surface area contributed by atoms with Crippen molar-refractivity contribution in [3.63, 3.8) is 0 Å². The number of esters is 1. The van der Waals surface area contributed by atoms with Crippen molar-refractivity contribution in [3.05, 3.63) is 52.2 Å². The van der Waals surface area contributed by atoms with Crippen LogP contribution in [0.5, 0.6) is 0 Å². The Morgan fingerprint density at radius 2 is 1.96 bits per heavy atom. The number of aryl methyl sites for hydroxylation is 2. The van der Waals surface area contributed by atoms with Crippen molar-refractivity contribution < 1.29 is 14.6 Å². The molecule has 2 heterocycles. The first kappa shape index (κ1) is 19.3. The molecule has 0 aliphatic carbocycles. The summed E-state index contributed by atoms with van der Waals surface area (Å²) in [5.74, 6) is 1.03. The van der Waals surface area contributed by atoms with Gasteiger partial charge in [0.2, 0.25) is 0 Å². The number of rotatable bonds is 6. The molecule has 0 fully saturated rings. The Balaban J connectivity index is 2.16. The molecular formula is C20H23N3O3S. The van der Waals surface area contributed by atoms with Gasteiger partial charge in [0.25, 0.3) is 0 Å². The van der Waals surface area contributed by atoms with Crippen molar-refractivity contribution >= 4 is 33.3 Å². The van der Waals surface area contributed by atoms with Crippen LogP contribution in [0.3, 0.4) is 0 Å². The normalized spacial score (nSPS) is 12.2. The van der Waals surface area contributed by atoms with Crippen molar-refractivity contribution in [1.29, 1.82) is 0 Å². The number of carbonyl (C=O) groups is 1. The molecule has 0 saturated heterocycles. The van der Waals surface area contributed by atoms with Gasteiger partial charge < -0.3 is 14.7 Å². The van der Waals surface area contributed by atoms with E-state index >= 15 is 0 Å². The van der Waals surface area contributed by atoms with Gasteiger partial charge in [0.05, 0.1) is 18.5 Å². The molecule has 1 atom stereocenters. The van der Waals surface area contributed by atoms with Gasteiger partial charge in [-0.3, -0.25) is 0 Å². The number of ether oxygens (including phenoxy) is 1. The predicted octanol–water partition coefficient (Wildman–Crippen LogP) is 3.65. The third kappa shape index (κ3) is 3.65. The molecule has 142 valence electrons. The van der Waals surface area contributed by atoms with Crippen LogP contribution < -0.4 is 4.90 Å². The van der Waals surface area contributed by atoms with Crippen molar-refractivity contribution in [3.8, 4) is 0 Å². The molecule has 7 heteroatoms. The summed E-state index contributed by atoms with van der Waals surface area (Å²) in [5.41, 5.74) is 1.92. The van der Waals surface area contributed by atoms with Gasteiger partial charge in [-0.15, -0.1) is 11.3 Å². The van der Waals surface area contributed by atoms with Crippen LogP contribution in [0.1, 0.15) is 39.1 Å². The lowest BCUT2D eigenvalue weighted by Gasteiger charge is -2.30. The average Bonchev–Trinajstić information content (AvgIpc) is 3.01. The molecule has 3 aromatic rings. The molecule has 0 bridgehead atoms. The Bertz CT molecular complexity index is 956. The number of hydrogen-bond donors (Lipinski definition) is 1. The summed E-state index contributed by atoms with van der Waals surface area (Å²) >= 11 is 1.32. The summed E-state index contributed by atoms with van der Waals surface area (Å²) < 4.78 is 4.91. The summed E-state index contributed by atoms with van der Waals surface area (Å²) in [5, 5.41) is 10.5. The van der Waals surface area contributed by atoms with E-state index in [4.69, 9.17) is 4.74 Å². The number of hydrogen-bond acceptors (Lipinski definition) is 7. The van der Waals surface area contributed by atoms with E-state index < -0.39 is 0 Å². The summed E-state index contributed by atoms with van der Waals surface area (Å²) in [6.07, 6.45) is 0.568. The van der Waals surface area contributed by atoms with Crippen molar-refractivity contribution in [2.75, 3.05) is 25.7 Å². The Morgan fingerprint density at radius 1 is 1.26 bits per heavy atom. The van der Waals surface area contributed by atoms with E-state index in [0.717, 1.165) is 27.2 Å². The maximum atomic E-state index is 12.1. The number of fused-ring (bicyclic) bond motifs is 1. The lowest BCUT2D eigenvalue weighted by molar-refractivity contribution is 0.0605. The van der Waals surface area contributed by atoms with Crippen LogP contribution in [0.4, 0.5) is 5.82 Å². The molecule has 0 amide bonds. The third-order valence-corrected chi connectivity index (χ3v) is 5.81. The SMILES string of the molecule is COC(=O)c1sc2nc(C)nc(N(C)[C@@H](CCO)c3ccccc3)c2c1C. The molecule has 1 N–H and O–H groups in total. The summed E-state index contributed by atoms with van der Waals surface area (Å²) in [7, 11) is 3.34. The topological polar surface area (TPSA) is 75.5 Å². The second-order valence-corrected chi connectivity index (χ2v) is 7.37. The van der Waals surface area contributed by atoms with Crippen molar-refractivity contribution in [1.82, 2.24) is 9.97 Å². The third-order valence-electron chi connectivity index (χ3n) is 4.64. The maximum Gasteiger partial charge on any atom is 0.348 e. The Hall–Kier alpha value is -2.51. The van der Waals surface area contributed by atoms with Crippen LogP contribution in [-0.2, 0) is 4.74 Å². The van der Waals surface area contributed by atoms with Crippen LogP contribution in [0.2, 0.25) is 0 Å². The largest absolute Gasteiger partial charge is 0.465 e. The lowest BCUT2D eigenvalue weighted by Crippen LogP contribution is -2.26. The van der Waals surface area contributed by atoms with E-state index in [1.807, 2.05) is 51.2 Å². The monoisotopic (exact) mass is 385 g/mol. The molecule has 0 radical (unpaired) electrons. The predicted molar refractivity (Wildman–Crippen MR) is 108 cm³/mol. The minimum Gasteiger partial charge on any atom is -0.465 e. The zero-order chi connectivity index (χ0) is 19.6. The molecule has 3 rings (SSSR count). The Morgan fingerprint density at radius 3 is 2.59 bits per heavy atom. The number of carbonyl (C=O) groups excluding carboxylic acids is 1. The molecule has 0 unspecified atom stereocenters. The molecule has 0 spiro atoms.